The molecular formula is C17H16BrF4N3O. The summed E-state index contributed by atoms with van der Waals surface area (Å²) < 4.78 is 54.4. The minimum atomic E-state index is -4.53. The van der Waals surface area contributed by atoms with Gasteiger partial charge in [0.25, 0.3) is 0 Å². The molecule has 1 fully saturated rings. The summed E-state index contributed by atoms with van der Waals surface area (Å²) in [7, 11) is 0. The molecule has 0 aliphatic heterocycles. The molecule has 1 aromatic heterocycles. The number of halogens is 5. The molecular weight excluding hydrogens is 418 g/mol. The highest BCUT2D eigenvalue weighted by Crippen LogP contribution is 2.42. The quantitative estimate of drug-likeness (QED) is 0.677. The number of benzene rings is 1. The van der Waals surface area contributed by atoms with Crippen LogP contribution in [0.3, 0.4) is 0 Å². The van der Waals surface area contributed by atoms with E-state index in [1.54, 1.807) is 13.0 Å². The van der Waals surface area contributed by atoms with Crippen molar-refractivity contribution in [2.45, 2.75) is 38.4 Å². The van der Waals surface area contributed by atoms with Crippen molar-refractivity contribution in [1.29, 1.82) is 0 Å². The van der Waals surface area contributed by atoms with Crippen LogP contribution in [0.5, 0.6) is 0 Å². The summed E-state index contributed by atoms with van der Waals surface area (Å²) in [6, 6.07) is 5.26. The number of nitrogens with one attached hydrogen (secondary N) is 1. The van der Waals surface area contributed by atoms with Crippen LogP contribution in [0.1, 0.15) is 37.1 Å². The molecule has 1 amide bonds. The van der Waals surface area contributed by atoms with E-state index in [1.165, 1.54) is 16.8 Å². The van der Waals surface area contributed by atoms with Crippen molar-refractivity contribution in [3.8, 4) is 0 Å². The lowest BCUT2D eigenvalue weighted by Gasteiger charge is -2.15. The lowest BCUT2D eigenvalue weighted by molar-refractivity contribution is -0.141. The third-order valence-corrected chi connectivity index (χ3v) is 4.67. The highest BCUT2D eigenvalue weighted by molar-refractivity contribution is 9.10. The van der Waals surface area contributed by atoms with Gasteiger partial charge in [0.2, 0.25) is 5.91 Å². The number of nitrogens with zero attached hydrogens (tertiary/aromatic N) is 2. The molecule has 1 unspecified atom stereocenters. The summed E-state index contributed by atoms with van der Waals surface area (Å²) in [6.07, 6.45) is -2.90. The number of carbonyl (C=O) groups is 1. The first-order valence-electron chi connectivity index (χ1n) is 8.06. The first-order valence-corrected chi connectivity index (χ1v) is 8.85. The van der Waals surface area contributed by atoms with Gasteiger partial charge in [-0.1, -0.05) is 22.9 Å². The van der Waals surface area contributed by atoms with Gasteiger partial charge in [0.1, 0.15) is 5.82 Å². The van der Waals surface area contributed by atoms with E-state index in [1.807, 2.05) is 0 Å². The predicted molar refractivity (Wildman–Crippen MR) is 91.1 cm³/mol. The standard InChI is InChI=1S/C17H16BrF4N3O/c1-9(16(26)23-13-5-4-11(18)6-12(13)19)8-25-14(10-2-3-10)7-15(24-25)17(20,21)22/h4-7,9-10H,2-3,8H2,1H3,(H,23,26). The lowest BCUT2D eigenvalue weighted by atomic mass is 10.1. The minimum Gasteiger partial charge on any atom is -0.323 e. The minimum absolute atomic E-state index is 0.00804. The fourth-order valence-corrected chi connectivity index (χ4v) is 2.95. The Balaban J connectivity index is 1.73. The fourth-order valence-electron chi connectivity index (χ4n) is 2.61. The van der Waals surface area contributed by atoms with Crippen molar-refractivity contribution >= 4 is 27.5 Å². The van der Waals surface area contributed by atoms with E-state index >= 15 is 0 Å². The smallest absolute Gasteiger partial charge is 0.323 e. The van der Waals surface area contributed by atoms with Gasteiger partial charge in [-0.05, 0) is 37.1 Å². The van der Waals surface area contributed by atoms with Gasteiger partial charge in [0.05, 0.1) is 18.2 Å². The molecule has 1 aromatic carbocycles. The zero-order chi connectivity index (χ0) is 19.1. The van der Waals surface area contributed by atoms with Gasteiger partial charge in [0.15, 0.2) is 5.69 Å². The Hall–Kier alpha value is -1.90. The van der Waals surface area contributed by atoms with E-state index in [2.05, 4.69) is 26.3 Å². The second-order valence-electron chi connectivity index (χ2n) is 6.42. The number of hydrogen-bond acceptors (Lipinski definition) is 2. The second-order valence-corrected chi connectivity index (χ2v) is 7.34. The van der Waals surface area contributed by atoms with Crippen molar-refractivity contribution in [3.63, 3.8) is 0 Å². The summed E-state index contributed by atoms with van der Waals surface area (Å²) in [5.41, 5.74) is -0.443. The van der Waals surface area contributed by atoms with Gasteiger partial charge >= 0.3 is 6.18 Å². The normalized spacial score (nSPS) is 15.8. The topological polar surface area (TPSA) is 46.9 Å². The maximum absolute atomic E-state index is 13.8. The van der Waals surface area contributed by atoms with Crippen LogP contribution in [0.15, 0.2) is 28.7 Å². The van der Waals surface area contributed by atoms with Gasteiger partial charge in [-0.2, -0.15) is 18.3 Å². The van der Waals surface area contributed by atoms with Crippen LogP contribution in [0.2, 0.25) is 0 Å². The first-order chi connectivity index (χ1) is 12.1. The summed E-state index contributed by atoms with van der Waals surface area (Å²) in [4.78, 5) is 12.3. The summed E-state index contributed by atoms with van der Waals surface area (Å²) in [5, 5.41) is 6.09. The Morgan fingerprint density at radius 1 is 1.38 bits per heavy atom. The van der Waals surface area contributed by atoms with Crippen molar-refractivity contribution in [1.82, 2.24) is 9.78 Å². The zero-order valence-corrected chi connectivity index (χ0v) is 15.4. The van der Waals surface area contributed by atoms with Crippen LogP contribution in [0, 0.1) is 11.7 Å². The van der Waals surface area contributed by atoms with Crippen LogP contribution >= 0.6 is 15.9 Å². The molecule has 2 aromatic rings. The summed E-state index contributed by atoms with van der Waals surface area (Å²) >= 11 is 3.13. The average molecular weight is 434 g/mol. The van der Waals surface area contributed by atoms with Gasteiger partial charge in [-0.25, -0.2) is 4.39 Å². The molecule has 4 nitrogen and oxygen atoms in total. The SMILES string of the molecule is CC(Cn1nc(C(F)(F)F)cc1C1CC1)C(=O)Nc1ccc(Br)cc1F. The molecule has 9 heteroatoms. The van der Waals surface area contributed by atoms with Gasteiger partial charge in [-0.15, -0.1) is 0 Å². The number of alkyl halides is 3. The van der Waals surface area contributed by atoms with Gasteiger partial charge < -0.3 is 5.32 Å². The van der Waals surface area contributed by atoms with Gasteiger partial charge in [0, 0.05) is 16.1 Å². The number of amides is 1. The number of rotatable bonds is 5. The molecule has 0 saturated heterocycles. The highest BCUT2D eigenvalue weighted by Gasteiger charge is 2.38. The number of hydrogen-bond donors (Lipinski definition) is 1. The maximum Gasteiger partial charge on any atom is 0.435 e. The van der Waals surface area contributed by atoms with E-state index in [-0.39, 0.29) is 18.2 Å². The maximum atomic E-state index is 13.8. The molecule has 0 radical (unpaired) electrons. The Morgan fingerprint density at radius 2 is 2.08 bits per heavy atom. The van der Waals surface area contributed by atoms with Gasteiger partial charge in [-0.3, -0.25) is 9.48 Å². The molecule has 1 aliphatic carbocycles. The molecule has 26 heavy (non-hydrogen) atoms. The van der Waals surface area contributed by atoms with E-state index in [9.17, 15) is 22.4 Å². The molecule has 1 heterocycles. The molecule has 1 saturated carbocycles. The van der Waals surface area contributed by atoms with E-state index in [4.69, 9.17) is 0 Å². The third kappa shape index (κ3) is 4.25. The van der Waals surface area contributed by atoms with Crippen molar-refractivity contribution in [3.05, 3.63) is 45.9 Å². The lowest BCUT2D eigenvalue weighted by Crippen LogP contribution is -2.26. The Kier molecular flexibility index (Phi) is 5.09. The fraction of sp³-hybridized carbons (Fsp3) is 0.412. The Bertz CT molecular complexity index is 830. The van der Waals surface area contributed by atoms with Crippen molar-refractivity contribution in [2.75, 3.05) is 5.32 Å². The highest BCUT2D eigenvalue weighted by atomic mass is 79.9. The molecule has 1 atom stereocenters. The number of aromatic nitrogens is 2. The van der Waals surface area contributed by atoms with E-state index in [0.717, 1.165) is 18.9 Å². The largest absolute Gasteiger partial charge is 0.435 e. The van der Waals surface area contributed by atoms with Crippen LogP contribution in [-0.4, -0.2) is 15.7 Å². The monoisotopic (exact) mass is 433 g/mol. The molecule has 0 spiro atoms. The molecule has 1 N–H and O–H groups in total. The van der Waals surface area contributed by atoms with Crippen molar-refractivity contribution in [2.24, 2.45) is 5.92 Å². The van der Waals surface area contributed by atoms with E-state index in [0.29, 0.717) is 10.2 Å². The Labute approximate surface area is 155 Å². The second kappa shape index (κ2) is 7.02. The van der Waals surface area contributed by atoms with Crippen LogP contribution in [-0.2, 0) is 17.5 Å². The first kappa shape index (κ1) is 18.9. The number of anilines is 1. The van der Waals surface area contributed by atoms with Crippen LogP contribution < -0.4 is 5.32 Å². The van der Waals surface area contributed by atoms with E-state index < -0.39 is 29.5 Å². The van der Waals surface area contributed by atoms with Crippen LogP contribution in [0.25, 0.3) is 0 Å². The zero-order valence-electron chi connectivity index (χ0n) is 13.8. The summed E-state index contributed by atoms with van der Waals surface area (Å²) in [6.45, 7) is 1.56. The third-order valence-electron chi connectivity index (χ3n) is 4.18. The molecule has 3 rings (SSSR count). The number of carbonyl (C=O) groups excluding carboxylic acids is 1. The summed E-state index contributed by atoms with van der Waals surface area (Å²) in [5.74, 6) is -1.72. The average Bonchev–Trinajstić information content (AvgIpc) is 3.29. The van der Waals surface area contributed by atoms with Crippen LogP contribution in [0.4, 0.5) is 23.2 Å². The molecule has 1 aliphatic rings. The predicted octanol–water partition coefficient (Wildman–Crippen LogP) is 4.96. The molecule has 0 bridgehead atoms. The Morgan fingerprint density at radius 3 is 2.65 bits per heavy atom. The van der Waals surface area contributed by atoms with Crippen molar-refractivity contribution < 1.29 is 22.4 Å². The molecule has 140 valence electrons.